The largest absolute Gasteiger partial charge is 0.230 e. The Bertz CT molecular complexity index is 812. The fraction of sp³-hybridized carbons (Fsp3) is 0.278. The normalized spacial score (nSPS) is 11.2. The van der Waals surface area contributed by atoms with E-state index in [0.29, 0.717) is 0 Å². The molecule has 0 aliphatic heterocycles. The molecule has 2 aromatic heterocycles. The van der Waals surface area contributed by atoms with Gasteiger partial charge < -0.3 is 0 Å². The predicted octanol–water partition coefficient (Wildman–Crippen LogP) is 4.63. The molecule has 2 heterocycles. The number of aromatic nitrogens is 1. The van der Waals surface area contributed by atoms with Crippen molar-refractivity contribution in [3.8, 4) is 11.3 Å². The molecule has 0 radical (unpaired) electrons. The predicted molar refractivity (Wildman–Crippen MR) is 87.4 cm³/mol. The number of rotatable bonds is 1. The Labute approximate surface area is 124 Å². The lowest BCUT2D eigenvalue weighted by Crippen LogP contribution is -2.30. The smallest absolute Gasteiger partial charge is 0.200 e. The summed E-state index contributed by atoms with van der Waals surface area (Å²) in [7, 11) is 2.14. The van der Waals surface area contributed by atoms with Crippen LogP contribution in [0.25, 0.3) is 21.3 Å². The van der Waals surface area contributed by atoms with Crippen LogP contribution in [-0.2, 0) is 7.05 Å². The van der Waals surface area contributed by atoms with Crippen LogP contribution >= 0.6 is 11.3 Å². The van der Waals surface area contributed by atoms with Crippen LogP contribution in [0.5, 0.6) is 0 Å². The standard InChI is InChI=1S/C18H20NS/c1-11-8-12(2)14(4)16(9-11)17-18-15(6-7-19(17)5)13(3)10-20-18/h6-10H,1-5H3/q+1. The summed E-state index contributed by atoms with van der Waals surface area (Å²) in [5.74, 6) is 0. The number of thiophene rings is 1. The molecule has 0 saturated heterocycles. The second kappa shape index (κ2) is 4.71. The van der Waals surface area contributed by atoms with Gasteiger partial charge in [-0.2, -0.15) is 4.57 Å². The zero-order valence-electron chi connectivity index (χ0n) is 12.7. The highest BCUT2D eigenvalue weighted by Crippen LogP contribution is 2.34. The SMILES string of the molecule is Cc1cc(C)c(C)c(-c2c3scc(C)c3cc[n+]2C)c1. The Hall–Kier alpha value is -1.67. The van der Waals surface area contributed by atoms with E-state index in [2.05, 4.69) is 69.1 Å². The van der Waals surface area contributed by atoms with Gasteiger partial charge in [0.05, 0.1) is 5.56 Å². The Morgan fingerprint density at radius 1 is 1.00 bits per heavy atom. The minimum atomic E-state index is 1.33. The van der Waals surface area contributed by atoms with Gasteiger partial charge in [0.2, 0.25) is 5.69 Å². The molecule has 0 amide bonds. The monoisotopic (exact) mass is 282 g/mol. The molecular weight excluding hydrogens is 262 g/mol. The fourth-order valence-electron chi connectivity index (χ4n) is 2.86. The van der Waals surface area contributed by atoms with E-state index in [-0.39, 0.29) is 0 Å². The van der Waals surface area contributed by atoms with E-state index in [1.165, 1.54) is 43.6 Å². The van der Waals surface area contributed by atoms with E-state index in [1.807, 2.05) is 11.3 Å². The van der Waals surface area contributed by atoms with Crippen molar-refractivity contribution in [1.29, 1.82) is 0 Å². The summed E-state index contributed by atoms with van der Waals surface area (Å²) < 4.78 is 3.64. The van der Waals surface area contributed by atoms with Crippen molar-refractivity contribution in [2.45, 2.75) is 27.7 Å². The van der Waals surface area contributed by atoms with Gasteiger partial charge in [-0.25, -0.2) is 0 Å². The molecule has 0 fully saturated rings. The van der Waals surface area contributed by atoms with Gasteiger partial charge in [-0.3, -0.25) is 0 Å². The maximum Gasteiger partial charge on any atom is 0.230 e. The fourth-order valence-corrected chi connectivity index (χ4v) is 4.01. The molecule has 20 heavy (non-hydrogen) atoms. The zero-order valence-corrected chi connectivity index (χ0v) is 13.6. The summed E-state index contributed by atoms with van der Waals surface area (Å²) in [5, 5.41) is 3.63. The minimum Gasteiger partial charge on any atom is -0.200 e. The van der Waals surface area contributed by atoms with Crippen LogP contribution < -0.4 is 4.57 Å². The van der Waals surface area contributed by atoms with Crippen molar-refractivity contribution in [2.24, 2.45) is 7.05 Å². The molecule has 2 heteroatoms. The van der Waals surface area contributed by atoms with E-state index in [9.17, 15) is 0 Å². The van der Waals surface area contributed by atoms with Crippen LogP contribution in [0.4, 0.5) is 0 Å². The van der Waals surface area contributed by atoms with Crippen LogP contribution in [0.3, 0.4) is 0 Å². The minimum absolute atomic E-state index is 1.33. The maximum atomic E-state index is 2.31. The number of hydrogen-bond acceptors (Lipinski definition) is 1. The van der Waals surface area contributed by atoms with Gasteiger partial charge >= 0.3 is 0 Å². The number of pyridine rings is 1. The lowest BCUT2D eigenvalue weighted by atomic mass is 9.96. The molecule has 3 rings (SSSR count). The summed E-state index contributed by atoms with van der Waals surface area (Å²) in [6.45, 7) is 8.79. The van der Waals surface area contributed by atoms with Crippen LogP contribution in [-0.4, -0.2) is 0 Å². The Morgan fingerprint density at radius 2 is 1.75 bits per heavy atom. The Kier molecular flexibility index (Phi) is 3.14. The molecule has 0 aliphatic carbocycles. The first-order valence-corrected chi connectivity index (χ1v) is 7.81. The maximum absolute atomic E-state index is 2.31. The first-order valence-electron chi connectivity index (χ1n) is 6.93. The molecule has 1 nitrogen and oxygen atoms in total. The third-order valence-corrected chi connectivity index (χ3v) is 5.24. The van der Waals surface area contributed by atoms with Crippen molar-refractivity contribution in [3.05, 3.63) is 52.0 Å². The van der Waals surface area contributed by atoms with Crippen molar-refractivity contribution >= 4 is 21.4 Å². The van der Waals surface area contributed by atoms with E-state index in [1.54, 1.807) is 0 Å². The highest BCUT2D eigenvalue weighted by atomic mass is 32.1. The van der Waals surface area contributed by atoms with Crippen LogP contribution in [0.15, 0.2) is 29.8 Å². The average molecular weight is 282 g/mol. The van der Waals surface area contributed by atoms with Gasteiger partial charge in [-0.1, -0.05) is 11.6 Å². The van der Waals surface area contributed by atoms with Crippen LogP contribution in [0.1, 0.15) is 22.3 Å². The van der Waals surface area contributed by atoms with Gasteiger partial charge in [0.25, 0.3) is 0 Å². The molecule has 0 atom stereocenters. The summed E-state index contributed by atoms with van der Waals surface area (Å²) >= 11 is 1.85. The lowest BCUT2D eigenvalue weighted by molar-refractivity contribution is -0.659. The second-order valence-corrected chi connectivity index (χ2v) is 6.57. The van der Waals surface area contributed by atoms with Crippen molar-refractivity contribution < 1.29 is 4.57 Å². The number of benzene rings is 1. The molecule has 3 aromatic rings. The van der Waals surface area contributed by atoms with E-state index in [0.717, 1.165) is 0 Å². The molecule has 0 unspecified atom stereocenters. The first-order chi connectivity index (χ1) is 9.49. The quantitative estimate of drug-likeness (QED) is 0.573. The van der Waals surface area contributed by atoms with E-state index < -0.39 is 0 Å². The van der Waals surface area contributed by atoms with Gasteiger partial charge in [-0.05, 0) is 55.8 Å². The molecule has 102 valence electrons. The molecule has 0 saturated carbocycles. The number of fused-ring (bicyclic) bond motifs is 1. The zero-order chi connectivity index (χ0) is 14.4. The van der Waals surface area contributed by atoms with Gasteiger partial charge in [0.15, 0.2) is 6.20 Å². The van der Waals surface area contributed by atoms with E-state index >= 15 is 0 Å². The highest BCUT2D eigenvalue weighted by molar-refractivity contribution is 7.17. The molecule has 0 N–H and O–H groups in total. The molecular formula is C18H20NS+. The highest BCUT2D eigenvalue weighted by Gasteiger charge is 2.20. The third kappa shape index (κ3) is 1.95. The van der Waals surface area contributed by atoms with Crippen molar-refractivity contribution in [2.75, 3.05) is 0 Å². The van der Waals surface area contributed by atoms with Crippen LogP contribution in [0.2, 0.25) is 0 Å². The number of aryl methyl sites for hydroxylation is 4. The molecule has 1 aromatic carbocycles. The van der Waals surface area contributed by atoms with Gasteiger partial charge in [-0.15, -0.1) is 11.3 Å². The van der Waals surface area contributed by atoms with Crippen molar-refractivity contribution in [1.82, 2.24) is 0 Å². The van der Waals surface area contributed by atoms with Gasteiger partial charge in [0.1, 0.15) is 11.7 Å². The van der Waals surface area contributed by atoms with E-state index in [4.69, 9.17) is 0 Å². The number of hydrogen-bond donors (Lipinski definition) is 0. The number of nitrogens with zero attached hydrogens (tertiary/aromatic N) is 1. The Balaban J connectivity index is 2.43. The van der Waals surface area contributed by atoms with Crippen molar-refractivity contribution in [3.63, 3.8) is 0 Å². The van der Waals surface area contributed by atoms with Crippen LogP contribution in [0, 0.1) is 27.7 Å². The molecule has 0 spiro atoms. The molecule has 0 aliphatic rings. The summed E-state index contributed by atoms with van der Waals surface area (Å²) in [4.78, 5) is 0. The summed E-state index contributed by atoms with van der Waals surface area (Å²) in [5.41, 5.74) is 8.14. The lowest BCUT2D eigenvalue weighted by Gasteiger charge is -2.10. The third-order valence-electron chi connectivity index (χ3n) is 4.12. The Morgan fingerprint density at radius 3 is 2.50 bits per heavy atom. The molecule has 0 bridgehead atoms. The summed E-state index contributed by atoms with van der Waals surface area (Å²) in [6, 6.07) is 6.80. The average Bonchev–Trinajstić information content (AvgIpc) is 2.76. The second-order valence-electron chi connectivity index (χ2n) is 5.69. The van der Waals surface area contributed by atoms with Gasteiger partial charge in [0, 0.05) is 11.5 Å². The topological polar surface area (TPSA) is 3.88 Å². The first kappa shape index (κ1) is 13.3. The summed E-state index contributed by atoms with van der Waals surface area (Å²) in [6.07, 6.45) is 2.18.